The number of hydrogen-bond acceptors (Lipinski definition) is 11. The topological polar surface area (TPSA) is 158 Å². The van der Waals surface area contributed by atoms with Gasteiger partial charge < -0.3 is 54.3 Å². The molecule has 6 aliphatic rings. The fraction of sp³-hybridized carbons (Fsp3) is 0.655. The summed E-state index contributed by atoms with van der Waals surface area (Å²) in [7, 11) is 0. The fourth-order valence-corrected chi connectivity index (χ4v) is 12.1. The lowest BCUT2D eigenvalue weighted by molar-refractivity contribution is -0.108. The molecule has 3 spiro atoms. The zero-order valence-corrected chi connectivity index (χ0v) is 44.7. The molecule has 410 valence electrons. The standard InChI is InChI=1S/2C21H30FNO4.C16H22FNO2/c2*1-19(2,3)27-18(24)23-11-8-20(16-4-6-17(22)7-5-16)9-13-26-21(14-20)10-12-25-15-21;17-14-3-1-13(2-4-14)15(5-8-18)6-10-20-16(11-15)7-9-19-12-16/h2*4-7H,8-15H2,1-3H3,(H,23,24);1-4H,5-12,18H2/t2*20-,21-;15-,16-/m101/s1. The molecule has 16 heteroatoms. The van der Waals surface area contributed by atoms with E-state index in [-0.39, 0.29) is 50.5 Å². The summed E-state index contributed by atoms with van der Waals surface area (Å²) >= 11 is 0. The number of nitrogens with two attached hydrogens (primary N) is 1. The van der Waals surface area contributed by atoms with Gasteiger partial charge in [0.15, 0.2) is 0 Å². The van der Waals surface area contributed by atoms with Crippen molar-refractivity contribution in [2.24, 2.45) is 5.73 Å². The Morgan fingerprint density at radius 3 is 1.04 bits per heavy atom. The summed E-state index contributed by atoms with van der Waals surface area (Å²) in [5.74, 6) is -0.680. The Labute approximate surface area is 436 Å². The third-order valence-electron chi connectivity index (χ3n) is 15.7. The van der Waals surface area contributed by atoms with Crippen LogP contribution in [0.15, 0.2) is 72.8 Å². The van der Waals surface area contributed by atoms with Gasteiger partial charge in [-0.05, 0) is 159 Å². The van der Waals surface area contributed by atoms with Gasteiger partial charge in [0.1, 0.15) is 28.7 Å². The summed E-state index contributed by atoms with van der Waals surface area (Å²) in [5.41, 5.74) is 7.06. The minimum Gasteiger partial charge on any atom is -0.444 e. The van der Waals surface area contributed by atoms with Gasteiger partial charge in [0, 0.05) is 88.2 Å². The van der Waals surface area contributed by atoms with Crippen LogP contribution in [-0.4, -0.2) is 119 Å². The molecule has 6 atom stereocenters. The van der Waals surface area contributed by atoms with Gasteiger partial charge in [-0.2, -0.15) is 0 Å². The van der Waals surface area contributed by atoms with Crippen molar-refractivity contribution in [3.8, 4) is 0 Å². The molecule has 6 saturated heterocycles. The first-order chi connectivity index (χ1) is 35.1. The highest BCUT2D eigenvalue weighted by Crippen LogP contribution is 2.49. The molecule has 74 heavy (non-hydrogen) atoms. The van der Waals surface area contributed by atoms with Gasteiger partial charge in [0.05, 0.1) is 36.6 Å². The number of nitrogens with one attached hydrogen (secondary N) is 2. The zero-order valence-electron chi connectivity index (χ0n) is 44.7. The van der Waals surface area contributed by atoms with E-state index in [0.717, 1.165) is 101 Å². The first kappa shape index (κ1) is 57.4. The first-order valence-electron chi connectivity index (χ1n) is 26.7. The molecule has 13 nitrogen and oxygen atoms in total. The summed E-state index contributed by atoms with van der Waals surface area (Å²) < 4.78 is 85.8. The quantitative estimate of drug-likeness (QED) is 0.168. The molecule has 6 aliphatic heterocycles. The second kappa shape index (κ2) is 24.4. The van der Waals surface area contributed by atoms with E-state index in [2.05, 4.69) is 10.6 Å². The molecular weight excluding hydrogens is 956 g/mol. The Morgan fingerprint density at radius 2 is 0.784 bits per heavy atom. The summed E-state index contributed by atoms with van der Waals surface area (Å²) in [6.07, 6.45) is 9.38. The lowest BCUT2D eigenvalue weighted by atomic mass is 9.66. The third-order valence-corrected chi connectivity index (χ3v) is 15.7. The fourth-order valence-electron chi connectivity index (χ4n) is 12.1. The molecule has 9 rings (SSSR count). The molecule has 0 radical (unpaired) electrons. The van der Waals surface area contributed by atoms with Crippen LogP contribution in [0.25, 0.3) is 0 Å². The van der Waals surface area contributed by atoms with E-state index in [9.17, 15) is 22.8 Å². The van der Waals surface area contributed by atoms with Crippen LogP contribution in [0.4, 0.5) is 22.8 Å². The van der Waals surface area contributed by atoms with E-state index in [0.29, 0.717) is 65.9 Å². The number of carbonyl (C=O) groups excluding carboxylic acids is 2. The van der Waals surface area contributed by atoms with Gasteiger partial charge in [0.2, 0.25) is 0 Å². The van der Waals surface area contributed by atoms with Crippen LogP contribution >= 0.6 is 0 Å². The van der Waals surface area contributed by atoms with Crippen molar-refractivity contribution in [3.05, 3.63) is 107 Å². The average molecular weight is 1040 g/mol. The Balaban J connectivity index is 0.000000164. The Bertz CT molecular complexity index is 2140. The highest BCUT2D eigenvalue weighted by molar-refractivity contribution is 5.68. The molecule has 3 aromatic carbocycles. The zero-order chi connectivity index (χ0) is 53.1. The molecule has 0 aliphatic carbocycles. The smallest absolute Gasteiger partial charge is 0.407 e. The third kappa shape index (κ3) is 15.2. The number of carbonyl (C=O) groups is 2. The van der Waals surface area contributed by atoms with E-state index in [4.69, 9.17) is 43.6 Å². The summed E-state index contributed by atoms with van der Waals surface area (Å²) in [6, 6.07) is 20.3. The number of alkyl carbamates (subject to hydrolysis) is 2. The molecule has 6 heterocycles. The minimum atomic E-state index is -0.525. The highest BCUT2D eigenvalue weighted by Gasteiger charge is 2.51. The molecule has 0 unspecified atom stereocenters. The summed E-state index contributed by atoms with van der Waals surface area (Å²) in [6.45, 7) is 18.7. The van der Waals surface area contributed by atoms with Gasteiger partial charge in [-0.1, -0.05) is 36.4 Å². The lowest BCUT2D eigenvalue weighted by Crippen LogP contribution is -2.49. The SMILES string of the molecule is CC(C)(C)OC(=O)NCC[C@@]1(c2ccc(F)cc2)CCO[C@]2(CCOC2)C1.CC(C)(C)OC(=O)NCC[C@]1(c2ccc(F)cc2)CCO[C@@]2(CCOC2)C1.NCC[C@@]1(c2ccc(F)cc2)CCO[C@]2(CCOC2)C1. The van der Waals surface area contributed by atoms with E-state index in [1.54, 1.807) is 12.1 Å². The van der Waals surface area contributed by atoms with Crippen molar-refractivity contribution in [2.45, 2.75) is 163 Å². The van der Waals surface area contributed by atoms with Crippen molar-refractivity contribution >= 4 is 12.2 Å². The maximum atomic E-state index is 13.5. The molecule has 6 fully saturated rings. The van der Waals surface area contributed by atoms with E-state index in [1.165, 1.54) is 29.8 Å². The van der Waals surface area contributed by atoms with Gasteiger partial charge in [-0.15, -0.1) is 0 Å². The number of halogens is 3. The van der Waals surface area contributed by atoms with E-state index in [1.807, 2.05) is 77.9 Å². The van der Waals surface area contributed by atoms with Gasteiger partial charge >= 0.3 is 12.2 Å². The highest BCUT2D eigenvalue weighted by atomic mass is 19.1. The van der Waals surface area contributed by atoms with Crippen LogP contribution in [0.2, 0.25) is 0 Å². The molecule has 0 saturated carbocycles. The van der Waals surface area contributed by atoms with Gasteiger partial charge in [-0.3, -0.25) is 0 Å². The Hall–Kier alpha value is -4.29. The maximum Gasteiger partial charge on any atom is 0.407 e. The largest absolute Gasteiger partial charge is 0.444 e. The van der Waals surface area contributed by atoms with Crippen LogP contribution in [0.5, 0.6) is 0 Å². The van der Waals surface area contributed by atoms with Crippen LogP contribution in [-0.2, 0) is 54.1 Å². The van der Waals surface area contributed by atoms with Crippen molar-refractivity contribution in [1.29, 1.82) is 0 Å². The second-order valence-electron chi connectivity index (χ2n) is 23.5. The normalized spacial score (nSPS) is 29.8. The molecule has 0 aromatic heterocycles. The monoisotopic (exact) mass is 1040 g/mol. The first-order valence-corrected chi connectivity index (χ1v) is 26.7. The maximum absolute atomic E-state index is 13.5. The molecule has 3 aromatic rings. The van der Waals surface area contributed by atoms with Gasteiger partial charge in [-0.25, -0.2) is 22.8 Å². The Morgan fingerprint density at radius 1 is 0.486 bits per heavy atom. The van der Waals surface area contributed by atoms with E-state index < -0.39 is 23.4 Å². The van der Waals surface area contributed by atoms with Crippen molar-refractivity contribution in [3.63, 3.8) is 0 Å². The molecule has 0 bridgehead atoms. The van der Waals surface area contributed by atoms with Crippen LogP contribution < -0.4 is 16.4 Å². The number of ether oxygens (including phenoxy) is 8. The Kier molecular flexibility index (Phi) is 18.9. The van der Waals surface area contributed by atoms with Crippen molar-refractivity contribution in [2.75, 3.05) is 79.1 Å². The molecular formula is C58H82F3N3O10. The summed E-state index contributed by atoms with van der Waals surface area (Å²) in [5, 5.41) is 5.73. The number of rotatable bonds is 11. The minimum absolute atomic E-state index is 0.00556. The van der Waals surface area contributed by atoms with Crippen molar-refractivity contribution in [1.82, 2.24) is 10.6 Å². The van der Waals surface area contributed by atoms with Crippen LogP contribution in [0.3, 0.4) is 0 Å². The lowest BCUT2D eigenvalue weighted by Gasteiger charge is -2.46. The number of hydrogen-bond donors (Lipinski definition) is 3. The molecule has 4 N–H and O–H groups in total. The summed E-state index contributed by atoms with van der Waals surface area (Å²) in [4.78, 5) is 24.0. The van der Waals surface area contributed by atoms with Gasteiger partial charge in [0.25, 0.3) is 0 Å². The molecule has 2 amide bonds. The number of benzene rings is 3. The predicted molar refractivity (Wildman–Crippen MR) is 276 cm³/mol. The number of amides is 2. The van der Waals surface area contributed by atoms with Crippen LogP contribution in [0, 0.1) is 17.5 Å². The van der Waals surface area contributed by atoms with Crippen LogP contribution in [0.1, 0.15) is 135 Å². The average Bonchev–Trinajstić information content (AvgIpc) is 4.11. The van der Waals surface area contributed by atoms with E-state index >= 15 is 0 Å². The predicted octanol–water partition coefficient (Wildman–Crippen LogP) is 10.3. The second-order valence-corrected chi connectivity index (χ2v) is 23.5. The van der Waals surface area contributed by atoms with Crippen molar-refractivity contribution < 1.29 is 60.7 Å².